The Morgan fingerprint density at radius 2 is 1.13 bits per heavy atom. The van der Waals surface area contributed by atoms with E-state index in [1.54, 1.807) is 0 Å². The fourth-order valence-corrected chi connectivity index (χ4v) is 6.76. The van der Waals surface area contributed by atoms with E-state index in [1.165, 1.54) is 62.5 Å². The first-order valence-corrected chi connectivity index (χ1v) is 14.6. The highest BCUT2D eigenvalue weighted by atomic mass is 16.3. The minimum atomic E-state index is 0.608. The molecule has 0 unspecified atom stereocenters. The Kier molecular flexibility index (Phi) is 6.58. The van der Waals surface area contributed by atoms with Crippen LogP contribution in [0.1, 0.15) is 85.5 Å². The lowest BCUT2D eigenvalue weighted by molar-refractivity contribution is 0.669. The molecule has 2 aliphatic carbocycles. The van der Waals surface area contributed by atoms with Crippen molar-refractivity contribution in [1.29, 1.82) is 0 Å². The van der Waals surface area contributed by atoms with Gasteiger partial charge in [-0.1, -0.05) is 80.3 Å². The van der Waals surface area contributed by atoms with Gasteiger partial charge in [0.25, 0.3) is 0 Å². The monoisotopic (exact) mass is 510 g/mol. The van der Waals surface area contributed by atoms with E-state index in [-0.39, 0.29) is 0 Å². The third-order valence-corrected chi connectivity index (χ3v) is 8.76. The van der Waals surface area contributed by atoms with Gasteiger partial charge in [0.1, 0.15) is 11.2 Å². The van der Waals surface area contributed by atoms with Gasteiger partial charge in [-0.05, 0) is 79.0 Å². The van der Waals surface area contributed by atoms with Crippen LogP contribution in [-0.2, 0) is 0 Å². The lowest BCUT2D eigenvalue weighted by Crippen LogP contribution is -1.96. The number of fused-ring (bicyclic) bond motifs is 3. The Hall–Kier alpha value is -3.98. The number of nitrogens with zero attached hydrogens (tertiary/aromatic N) is 2. The molecule has 1 aromatic heterocycles. The fraction of sp³-hybridized carbons (Fsp3) is 0.278. The van der Waals surface area contributed by atoms with Gasteiger partial charge in [-0.3, -0.25) is 9.98 Å². The van der Waals surface area contributed by atoms with Gasteiger partial charge in [-0.2, -0.15) is 0 Å². The second kappa shape index (κ2) is 10.6. The van der Waals surface area contributed by atoms with Gasteiger partial charge < -0.3 is 4.42 Å². The van der Waals surface area contributed by atoms with Crippen molar-refractivity contribution in [1.82, 2.24) is 0 Å². The predicted octanol–water partition coefficient (Wildman–Crippen LogP) is 10.4. The summed E-state index contributed by atoms with van der Waals surface area (Å²) in [6.07, 6.45) is 14.4. The summed E-state index contributed by atoms with van der Waals surface area (Å²) in [4.78, 5) is 10.2. The first-order chi connectivity index (χ1) is 19.3. The summed E-state index contributed by atoms with van der Waals surface area (Å²) >= 11 is 0. The molecule has 2 fully saturated rings. The van der Waals surface area contributed by atoms with E-state index in [4.69, 9.17) is 14.4 Å². The Morgan fingerprint density at radius 3 is 1.79 bits per heavy atom. The number of rotatable bonds is 6. The third-order valence-electron chi connectivity index (χ3n) is 8.76. The molecule has 0 N–H and O–H groups in total. The SMILES string of the molecule is C(=Nc1ccccc1C1CCCC1)c1ccc2oc3ccccc3c2c1C=Nc1ccccc1C1CCCC1. The quantitative estimate of drug-likeness (QED) is 0.209. The highest BCUT2D eigenvalue weighted by Gasteiger charge is 2.21. The van der Waals surface area contributed by atoms with Crippen molar-refractivity contribution in [2.75, 3.05) is 0 Å². The highest BCUT2D eigenvalue weighted by molar-refractivity contribution is 6.16. The minimum Gasteiger partial charge on any atom is -0.456 e. The number of para-hydroxylation sites is 3. The summed E-state index contributed by atoms with van der Waals surface area (Å²) in [7, 11) is 0. The number of benzene rings is 4. The van der Waals surface area contributed by atoms with E-state index in [2.05, 4.69) is 72.8 Å². The molecule has 3 nitrogen and oxygen atoms in total. The van der Waals surface area contributed by atoms with Crippen molar-refractivity contribution >= 4 is 45.7 Å². The topological polar surface area (TPSA) is 37.9 Å². The smallest absolute Gasteiger partial charge is 0.136 e. The molecular formula is C36H34N2O. The molecule has 0 saturated heterocycles. The standard InChI is InChI=1S/C36H34N2O/c1-2-12-25(11-1)28-15-5-8-18-32(28)37-23-27-21-22-35-36(30-17-7-10-20-34(30)39-35)31(27)24-38-33-19-9-6-16-29(33)26-13-3-4-14-26/h5-10,15-26H,1-4,11-14H2. The largest absolute Gasteiger partial charge is 0.456 e. The van der Waals surface area contributed by atoms with Crippen LogP contribution in [0.15, 0.2) is 99.3 Å². The first-order valence-electron chi connectivity index (χ1n) is 14.6. The minimum absolute atomic E-state index is 0.608. The fourth-order valence-electron chi connectivity index (χ4n) is 6.76. The summed E-state index contributed by atoms with van der Waals surface area (Å²) in [5, 5.41) is 2.21. The van der Waals surface area contributed by atoms with Crippen LogP contribution in [0, 0.1) is 0 Å². The molecule has 0 atom stereocenters. The average molecular weight is 511 g/mol. The average Bonchev–Trinajstić information content (AvgIpc) is 3.77. The first kappa shape index (κ1) is 24.1. The second-order valence-electron chi connectivity index (χ2n) is 11.1. The maximum absolute atomic E-state index is 6.25. The summed E-state index contributed by atoms with van der Waals surface area (Å²) < 4.78 is 6.25. The highest BCUT2D eigenvalue weighted by Crippen LogP contribution is 2.40. The van der Waals surface area contributed by atoms with Crippen LogP contribution in [-0.4, -0.2) is 12.4 Å². The lowest BCUT2D eigenvalue weighted by atomic mass is 9.96. The van der Waals surface area contributed by atoms with E-state index >= 15 is 0 Å². The summed E-state index contributed by atoms with van der Waals surface area (Å²) in [6.45, 7) is 0. The molecule has 7 rings (SSSR count). The van der Waals surface area contributed by atoms with Crippen molar-refractivity contribution in [3.05, 3.63) is 107 Å². The molecule has 0 aliphatic heterocycles. The molecule has 0 amide bonds. The zero-order chi connectivity index (χ0) is 26.0. The van der Waals surface area contributed by atoms with Crippen LogP contribution in [0.2, 0.25) is 0 Å². The molecule has 3 heteroatoms. The maximum Gasteiger partial charge on any atom is 0.136 e. The lowest BCUT2D eigenvalue weighted by Gasteiger charge is -2.13. The van der Waals surface area contributed by atoms with Gasteiger partial charge in [0, 0.05) is 34.3 Å². The molecular weight excluding hydrogens is 476 g/mol. The van der Waals surface area contributed by atoms with Crippen LogP contribution in [0.3, 0.4) is 0 Å². The molecule has 1 heterocycles. The Morgan fingerprint density at radius 1 is 0.564 bits per heavy atom. The van der Waals surface area contributed by atoms with E-state index in [0.717, 1.165) is 44.4 Å². The van der Waals surface area contributed by atoms with E-state index < -0.39 is 0 Å². The summed E-state index contributed by atoms with van der Waals surface area (Å²) in [5.41, 5.74) is 8.79. The van der Waals surface area contributed by atoms with Crippen molar-refractivity contribution in [3.63, 3.8) is 0 Å². The van der Waals surface area contributed by atoms with Crippen molar-refractivity contribution in [2.45, 2.75) is 63.2 Å². The summed E-state index contributed by atoms with van der Waals surface area (Å²) in [5.74, 6) is 1.23. The van der Waals surface area contributed by atoms with E-state index in [9.17, 15) is 0 Å². The van der Waals surface area contributed by atoms with Gasteiger partial charge in [0.05, 0.1) is 11.4 Å². The second-order valence-corrected chi connectivity index (χ2v) is 11.1. The van der Waals surface area contributed by atoms with Gasteiger partial charge in [-0.15, -0.1) is 0 Å². The molecule has 0 radical (unpaired) electrons. The number of hydrogen-bond acceptors (Lipinski definition) is 3. The summed E-state index contributed by atoms with van der Waals surface area (Å²) in [6, 6.07) is 29.8. The Balaban J connectivity index is 1.35. The molecule has 5 aromatic rings. The molecule has 194 valence electrons. The normalized spacial score (nSPS) is 17.0. The van der Waals surface area contributed by atoms with Crippen LogP contribution in [0.25, 0.3) is 21.9 Å². The number of hydrogen-bond donors (Lipinski definition) is 0. The molecule has 0 spiro atoms. The predicted molar refractivity (Wildman–Crippen MR) is 164 cm³/mol. The molecule has 39 heavy (non-hydrogen) atoms. The molecule has 2 saturated carbocycles. The molecule has 4 aromatic carbocycles. The molecule has 0 bridgehead atoms. The third kappa shape index (κ3) is 4.71. The number of aliphatic imine (C=N–C) groups is 2. The molecule has 2 aliphatic rings. The van der Waals surface area contributed by atoms with Crippen LogP contribution < -0.4 is 0 Å². The van der Waals surface area contributed by atoms with E-state index in [0.29, 0.717) is 11.8 Å². The zero-order valence-electron chi connectivity index (χ0n) is 22.4. The van der Waals surface area contributed by atoms with E-state index in [1.807, 2.05) is 24.6 Å². The Labute approximate surface area is 230 Å². The van der Waals surface area contributed by atoms with Gasteiger partial charge >= 0.3 is 0 Å². The van der Waals surface area contributed by atoms with Gasteiger partial charge in [0.15, 0.2) is 0 Å². The zero-order valence-corrected chi connectivity index (χ0v) is 22.4. The number of furan rings is 1. The Bertz CT molecular complexity index is 1680. The van der Waals surface area contributed by atoms with Crippen molar-refractivity contribution < 1.29 is 4.42 Å². The van der Waals surface area contributed by atoms with Crippen LogP contribution in [0.4, 0.5) is 11.4 Å². The maximum atomic E-state index is 6.25. The van der Waals surface area contributed by atoms with Crippen LogP contribution >= 0.6 is 0 Å². The van der Waals surface area contributed by atoms with Crippen LogP contribution in [0.5, 0.6) is 0 Å². The van der Waals surface area contributed by atoms with Crippen molar-refractivity contribution in [2.24, 2.45) is 9.98 Å². The van der Waals surface area contributed by atoms with Gasteiger partial charge in [0.2, 0.25) is 0 Å². The van der Waals surface area contributed by atoms with Gasteiger partial charge in [-0.25, -0.2) is 0 Å². The van der Waals surface area contributed by atoms with Crippen molar-refractivity contribution in [3.8, 4) is 0 Å².